The first-order valence-electron chi connectivity index (χ1n) is 5.96. The van der Waals surface area contributed by atoms with E-state index in [9.17, 15) is 14.4 Å². The molecule has 1 aromatic rings. The number of carbonyl (C=O) groups is 3. The molecule has 19 heavy (non-hydrogen) atoms. The molecule has 0 spiro atoms. The van der Waals surface area contributed by atoms with Crippen molar-refractivity contribution in [2.75, 3.05) is 6.54 Å². The van der Waals surface area contributed by atoms with Crippen LogP contribution in [0.15, 0.2) is 24.3 Å². The minimum atomic E-state index is -0.880. The maximum Gasteiger partial charge on any atom is 0.405 e. The average molecular weight is 260 g/mol. The number of benzene rings is 1. The SMILES string of the molecule is NC(=O)OC1(CN2C(=O)c3ccccc3C2=O)CC1. The van der Waals surface area contributed by atoms with Crippen LogP contribution in [-0.2, 0) is 4.74 Å². The molecular formula is C13H12N2O4. The first kappa shape index (κ1) is 11.7. The van der Waals surface area contributed by atoms with Crippen LogP contribution in [0.3, 0.4) is 0 Å². The number of amides is 3. The Morgan fingerprint density at radius 1 is 1.21 bits per heavy atom. The van der Waals surface area contributed by atoms with Gasteiger partial charge in [-0.25, -0.2) is 4.79 Å². The first-order chi connectivity index (χ1) is 9.02. The van der Waals surface area contributed by atoms with Crippen LogP contribution < -0.4 is 5.73 Å². The zero-order valence-electron chi connectivity index (χ0n) is 10.1. The minimum absolute atomic E-state index is 0.0717. The highest BCUT2D eigenvalue weighted by Crippen LogP contribution is 2.41. The maximum atomic E-state index is 12.1. The van der Waals surface area contributed by atoms with Crippen molar-refractivity contribution in [3.05, 3.63) is 35.4 Å². The molecule has 2 aliphatic rings. The fourth-order valence-corrected chi connectivity index (χ4v) is 2.32. The van der Waals surface area contributed by atoms with E-state index in [2.05, 4.69) is 0 Å². The highest BCUT2D eigenvalue weighted by Gasteiger charge is 2.51. The molecule has 0 atom stereocenters. The summed E-state index contributed by atoms with van der Waals surface area (Å²) in [5.41, 5.74) is 5.00. The molecule has 1 saturated carbocycles. The Morgan fingerprint density at radius 3 is 2.16 bits per heavy atom. The van der Waals surface area contributed by atoms with Crippen LogP contribution in [0.25, 0.3) is 0 Å². The molecule has 6 heteroatoms. The van der Waals surface area contributed by atoms with Crippen LogP contribution in [0, 0.1) is 0 Å². The lowest BCUT2D eigenvalue weighted by atomic mass is 10.1. The number of imide groups is 1. The van der Waals surface area contributed by atoms with E-state index in [1.165, 1.54) is 0 Å². The summed E-state index contributed by atoms with van der Waals surface area (Å²) in [6.45, 7) is 0.0717. The van der Waals surface area contributed by atoms with Gasteiger partial charge < -0.3 is 10.5 Å². The summed E-state index contributed by atoms with van der Waals surface area (Å²) >= 11 is 0. The summed E-state index contributed by atoms with van der Waals surface area (Å²) in [5, 5.41) is 0. The number of hydrogen-bond acceptors (Lipinski definition) is 4. The van der Waals surface area contributed by atoms with Crippen LogP contribution >= 0.6 is 0 Å². The normalized spacial score (nSPS) is 19.3. The molecule has 1 aliphatic heterocycles. The lowest BCUT2D eigenvalue weighted by Gasteiger charge is -2.21. The molecule has 1 aromatic carbocycles. The Hall–Kier alpha value is -2.37. The molecule has 3 rings (SSSR count). The number of nitrogens with two attached hydrogens (primary N) is 1. The van der Waals surface area contributed by atoms with Crippen molar-refractivity contribution in [2.45, 2.75) is 18.4 Å². The van der Waals surface area contributed by atoms with Crippen molar-refractivity contribution in [3.8, 4) is 0 Å². The quantitative estimate of drug-likeness (QED) is 0.818. The number of fused-ring (bicyclic) bond motifs is 1. The number of ether oxygens (including phenoxy) is 1. The predicted octanol–water partition coefficient (Wildman–Crippen LogP) is 0.910. The van der Waals surface area contributed by atoms with Gasteiger partial charge in [-0.1, -0.05) is 12.1 Å². The molecule has 1 heterocycles. The van der Waals surface area contributed by atoms with Crippen LogP contribution in [0.5, 0.6) is 0 Å². The van der Waals surface area contributed by atoms with Crippen molar-refractivity contribution in [1.29, 1.82) is 0 Å². The zero-order valence-corrected chi connectivity index (χ0v) is 10.1. The summed E-state index contributed by atoms with van der Waals surface area (Å²) < 4.78 is 5.00. The number of hydrogen-bond donors (Lipinski definition) is 1. The van der Waals surface area contributed by atoms with E-state index in [4.69, 9.17) is 10.5 Å². The Kier molecular flexibility index (Phi) is 2.35. The van der Waals surface area contributed by atoms with Gasteiger partial charge in [-0.15, -0.1) is 0 Å². The molecule has 0 bridgehead atoms. The third kappa shape index (κ3) is 1.85. The van der Waals surface area contributed by atoms with Gasteiger partial charge in [-0.3, -0.25) is 14.5 Å². The highest BCUT2D eigenvalue weighted by molar-refractivity contribution is 6.21. The molecular weight excluding hydrogens is 248 g/mol. The fourth-order valence-electron chi connectivity index (χ4n) is 2.32. The van der Waals surface area contributed by atoms with E-state index < -0.39 is 11.7 Å². The van der Waals surface area contributed by atoms with Gasteiger partial charge in [-0.2, -0.15) is 0 Å². The van der Waals surface area contributed by atoms with Gasteiger partial charge in [0.15, 0.2) is 0 Å². The van der Waals surface area contributed by atoms with Crippen molar-refractivity contribution >= 4 is 17.9 Å². The highest BCUT2D eigenvalue weighted by atomic mass is 16.6. The Bertz CT molecular complexity index is 557. The fraction of sp³-hybridized carbons (Fsp3) is 0.308. The first-order valence-corrected chi connectivity index (χ1v) is 5.96. The van der Waals surface area contributed by atoms with E-state index in [0.717, 1.165) is 4.90 Å². The molecule has 0 aromatic heterocycles. The lowest BCUT2D eigenvalue weighted by molar-refractivity contribution is 0.0425. The van der Waals surface area contributed by atoms with E-state index >= 15 is 0 Å². The number of rotatable bonds is 3. The molecule has 1 aliphatic carbocycles. The van der Waals surface area contributed by atoms with Crippen LogP contribution in [0.2, 0.25) is 0 Å². The van der Waals surface area contributed by atoms with E-state index in [1.807, 2.05) is 0 Å². The summed E-state index contributed by atoms with van der Waals surface area (Å²) in [5.74, 6) is -0.695. The second-order valence-electron chi connectivity index (χ2n) is 4.85. The zero-order chi connectivity index (χ0) is 13.6. The van der Waals surface area contributed by atoms with Gasteiger partial charge in [-0.05, 0) is 25.0 Å². The van der Waals surface area contributed by atoms with E-state index in [0.29, 0.717) is 24.0 Å². The molecule has 0 unspecified atom stereocenters. The van der Waals surface area contributed by atoms with Gasteiger partial charge in [0.2, 0.25) is 0 Å². The molecule has 3 amide bonds. The number of primary amides is 1. The Morgan fingerprint density at radius 2 is 1.74 bits per heavy atom. The molecule has 6 nitrogen and oxygen atoms in total. The van der Waals surface area contributed by atoms with Gasteiger partial charge in [0.25, 0.3) is 11.8 Å². The molecule has 98 valence electrons. The second kappa shape index (κ2) is 3.81. The third-order valence-electron chi connectivity index (χ3n) is 3.45. The topological polar surface area (TPSA) is 89.7 Å². The van der Waals surface area contributed by atoms with Crippen LogP contribution in [0.1, 0.15) is 33.6 Å². The van der Waals surface area contributed by atoms with Gasteiger partial charge >= 0.3 is 6.09 Å². The molecule has 0 radical (unpaired) electrons. The minimum Gasteiger partial charge on any atom is -0.441 e. The average Bonchev–Trinajstić information content (AvgIpc) is 3.08. The molecule has 1 fully saturated rings. The molecule has 2 N–H and O–H groups in total. The third-order valence-corrected chi connectivity index (χ3v) is 3.45. The van der Waals surface area contributed by atoms with Crippen molar-refractivity contribution in [3.63, 3.8) is 0 Å². The van der Waals surface area contributed by atoms with E-state index in [-0.39, 0.29) is 18.4 Å². The number of carbonyl (C=O) groups excluding carboxylic acids is 3. The molecule has 0 saturated heterocycles. The Balaban J connectivity index is 1.83. The summed E-state index contributed by atoms with van der Waals surface area (Å²) in [6.07, 6.45) is 0.348. The van der Waals surface area contributed by atoms with Crippen molar-refractivity contribution in [2.24, 2.45) is 5.73 Å². The summed E-state index contributed by atoms with van der Waals surface area (Å²) in [4.78, 5) is 36.2. The summed E-state index contributed by atoms with van der Waals surface area (Å²) in [6, 6.07) is 6.65. The maximum absolute atomic E-state index is 12.1. The monoisotopic (exact) mass is 260 g/mol. The second-order valence-corrected chi connectivity index (χ2v) is 4.85. The van der Waals surface area contributed by atoms with Gasteiger partial charge in [0, 0.05) is 0 Å². The Labute approximate surface area is 109 Å². The predicted molar refractivity (Wildman–Crippen MR) is 64.4 cm³/mol. The number of nitrogens with zero attached hydrogens (tertiary/aromatic N) is 1. The standard InChI is InChI=1S/C13H12N2O4/c14-12(18)19-13(5-6-13)7-15-10(16)8-3-1-2-4-9(8)11(15)17/h1-4H,5-7H2,(H2,14,18). The van der Waals surface area contributed by atoms with Crippen LogP contribution in [0.4, 0.5) is 4.79 Å². The van der Waals surface area contributed by atoms with Crippen molar-refractivity contribution < 1.29 is 19.1 Å². The van der Waals surface area contributed by atoms with Crippen molar-refractivity contribution in [1.82, 2.24) is 4.90 Å². The lowest BCUT2D eigenvalue weighted by Crippen LogP contribution is -2.41. The van der Waals surface area contributed by atoms with E-state index in [1.54, 1.807) is 24.3 Å². The summed E-state index contributed by atoms with van der Waals surface area (Å²) in [7, 11) is 0. The van der Waals surface area contributed by atoms with Gasteiger partial charge in [0.05, 0.1) is 17.7 Å². The van der Waals surface area contributed by atoms with Crippen LogP contribution in [-0.4, -0.2) is 35.0 Å². The largest absolute Gasteiger partial charge is 0.441 e. The smallest absolute Gasteiger partial charge is 0.405 e. The van der Waals surface area contributed by atoms with Gasteiger partial charge in [0.1, 0.15) is 5.60 Å².